The predicted molar refractivity (Wildman–Crippen MR) is 80.1 cm³/mol. The molecule has 116 valence electrons. The molecule has 0 bridgehead atoms. The molecule has 0 aliphatic carbocycles. The topological polar surface area (TPSA) is 90.6 Å². The summed E-state index contributed by atoms with van der Waals surface area (Å²) in [6, 6.07) is 4.05. The van der Waals surface area contributed by atoms with E-state index >= 15 is 0 Å². The molecule has 0 saturated heterocycles. The normalized spacial score (nSPS) is 11.9. The van der Waals surface area contributed by atoms with Gasteiger partial charge in [0.05, 0.1) is 13.7 Å². The average Bonchev–Trinajstić information content (AvgIpc) is 2.43. The summed E-state index contributed by atoms with van der Waals surface area (Å²) in [5, 5.41) is 2.66. The highest BCUT2D eigenvalue weighted by Crippen LogP contribution is 2.19. The van der Waals surface area contributed by atoms with E-state index < -0.39 is 17.9 Å². The van der Waals surface area contributed by atoms with Crippen molar-refractivity contribution in [1.82, 2.24) is 5.32 Å². The van der Waals surface area contributed by atoms with Crippen molar-refractivity contribution in [1.29, 1.82) is 0 Å². The molecular formula is C15H22N2O4. The molecule has 1 aromatic carbocycles. The molecule has 0 aliphatic rings. The summed E-state index contributed by atoms with van der Waals surface area (Å²) in [6.07, 6.45) is 0. The number of anilines is 1. The van der Waals surface area contributed by atoms with Crippen LogP contribution in [0.25, 0.3) is 0 Å². The monoisotopic (exact) mass is 294 g/mol. The molecule has 1 aromatic rings. The van der Waals surface area contributed by atoms with E-state index in [1.807, 2.05) is 20.8 Å². The Hall–Kier alpha value is -2.24. The summed E-state index contributed by atoms with van der Waals surface area (Å²) >= 11 is 0. The van der Waals surface area contributed by atoms with Crippen molar-refractivity contribution in [2.24, 2.45) is 5.92 Å². The Kier molecular flexibility index (Phi) is 6.02. The molecule has 0 aliphatic heterocycles. The van der Waals surface area contributed by atoms with Gasteiger partial charge in [-0.3, -0.25) is 4.79 Å². The summed E-state index contributed by atoms with van der Waals surface area (Å²) < 4.78 is 10.0. The van der Waals surface area contributed by atoms with E-state index in [9.17, 15) is 9.59 Å². The number of ether oxygens (including phenoxy) is 2. The Morgan fingerprint density at radius 3 is 2.48 bits per heavy atom. The number of nitrogens with two attached hydrogens (primary N) is 1. The standard InChI is InChI=1S/C15H22N2O4/c1-5-21-12-7-10(6-11(16)8-12)14(18)17-13(9(2)3)15(19)20-4/h6-9,13H,5,16H2,1-4H3,(H,17,18). The van der Waals surface area contributed by atoms with E-state index in [1.165, 1.54) is 13.2 Å². The van der Waals surface area contributed by atoms with Crippen LogP contribution in [0.15, 0.2) is 18.2 Å². The zero-order chi connectivity index (χ0) is 16.0. The number of nitrogen functional groups attached to an aromatic ring is 1. The van der Waals surface area contributed by atoms with Gasteiger partial charge in [-0.15, -0.1) is 0 Å². The van der Waals surface area contributed by atoms with Crippen LogP contribution in [0.5, 0.6) is 5.75 Å². The first-order valence-electron chi connectivity index (χ1n) is 6.81. The predicted octanol–water partition coefficient (Wildman–Crippen LogP) is 1.59. The quantitative estimate of drug-likeness (QED) is 0.614. The summed E-state index contributed by atoms with van der Waals surface area (Å²) in [6.45, 7) is 5.97. The van der Waals surface area contributed by atoms with E-state index in [2.05, 4.69) is 5.32 Å². The Balaban J connectivity index is 2.94. The fraction of sp³-hybridized carbons (Fsp3) is 0.467. The zero-order valence-electron chi connectivity index (χ0n) is 12.8. The molecule has 1 rings (SSSR count). The molecule has 6 nitrogen and oxygen atoms in total. The van der Waals surface area contributed by atoms with E-state index in [-0.39, 0.29) is 5.92 Å². The first kappa shape index (κ1) is 16.8. The van der Waals surface area contributed by atoms with Crippen LogP contribution >= 0.6 is 0 Å². The van der Waals surface area contributed by atoms with Gasteiger partial charge in [-0.2, -0.15) is 0 Å². The van der Waals surface area contributed by atoms with Crippen LogP contribution in [-0.2, 0) is 9.53 Å². The number of rotatable bonds is 6. The maximum Gasteiger partial charge on any atom is 0.328 e. The lowest BCUT2D eigenvalue weighted by Gasteiger charge is -2.20. The highest BCUT2D eigenvalue weighted by molar-refractivity contribution is 5.97. The molecule has 1 unspecified atom stereocenters. The maximum atomic E-state index is 12.3. The largest absolute Gasteiger partial charge is 0.494 e. The number of nitrogens with one attached hydrogen (secondary N) is 1. The minimum absolute atomic E-state index is 0.0891. The molecular weight excluding hydrogens is 272 g/mol. The molecule has 0 saturated carbocycles. The van der Waals surface area contributed by atoms with Gasteiger partial charge in [0.2, 0.25) is 0 Å². The first-order chi connectivity index (χ1) is 9.88. The van der Waals surface area contributed by atoms with Crippen LogP contribution in [0.3, 0.4) is 0 Å². The van der Waals surface area contributed by atoms with Crippen molar-refractivity contribution >= 4 is 17.6 Å². The maximum absolute atomic E-state index is 12.3. The van der Waals surface area contributed by atoms with Gasteiger partial charge in [0.25, 0.3) is 5.91 Å². The number of amides is 1. The summed E-state index contributed by atoms with van der Waals surface area (Å²) in [5.41, 5.74) is 6.51. The van der Waals surface area contributed by atoms with Gasteiger partial charge in [-0.25, -0.2) is 4.79 Å². The van der Waals surface area contributed by atoms with Crippen LogP contribution in [0, 0.1) is 5.92 Å². The van der Waals surface area contributed by atoms with E-state index in [4.69, 9.17) is 15.2 Å². The lowest BCUT2D eigenvalue weighted by molar-refractivity contribution is -0.144. The lowest BCUT2D eigenvalue weighted by atomic mass is 10.0. The van der Waals surface area contributed by atoms with Gasteiger partial charge in [-0.1, -0.05) is 13.8 Å². The Bertz CT molecular complexity index is 514. The Morgan fingerprint density at radius 2 is 1.95 bits per heavy atom. The van der Waals surface area contributed by atoms with Crippen molar-refractivity contribution < 1.29 is 19.1 Å². The number of esters is 1. The SMILES string of the molecule is CCOc1cc(N)cc(C(=O)NC(C(=O)OC)C(C)C)c1. The highest BCUT2D eigenvalue weighted by atomic mass is 16.5. The van der Waals surface area contributed by atoms with E-state index in [0.29, 0.717) is 23.6 Å². The van der Waals surface area contributed by atoms with Crippen LogP contribution in [-0.4, -0.2) is 31.6 Å². The molecule has 0 radical (unpaired) electrons. The molecule has 3 N–H and O–H groups in total. The Morgan fingerprint density at radius 1 is 1.29 bits per heavy atom. The van der Waals surface area contributed by atoms with Crippen LogP contribution in [0.4, 0.5) is 5.69 Å². The second-order valence-electron chi connectivity index (χ2n) is 4.94. The van der Waals surface area contributed by atoms with Crippen LogP contribution in [0.2, 0.25) is 0 Å². The number of hydrogen-bond donors (Lipinski definition) is 2. The highest BCUT2D eigenvalue weighted by Gasteiger charge is 2.25. The summed E-state index contributed by atoms with van der Waals surface area (Å²) in [4.78, 5) is 23.9. The minimum Gasteiger partial charge on any atom is -0.494 e. The average molecular weight is 294 g/mol. The van der Waals surface area contributed by atoms with Gasteiger partial charge in [-0.05, 0) is 25.0 Å². The van der Waals surface area contributed by atoms with Crippen molar-refractivity contribution in [3.63, 3.8) is 0 Å². The third-order valence-electron chi connectivity index (χ3n) is 2.91. The molecule has 0 aromatic heterocycles. The molecule has 21 heavy (non-hydrogen) atoms. The molecule has 1 atom stereocenters. The lowest BCUT2D eigenvalue weighted by Crippen LogP contribution is -2.45. The number of methoxy groups -OCH3 is 1. The van der Waals surface area contributed by atoms with Crippen LogP contribution < -0.4 is 15.8 Å². The molecule has 6 heteroatoms. The van der Waals surface area contributed by atoms with Gasteiger partial charge in [0, 0.05) is 17.3 Å². The number of carbonyl (C=O) groups is 2. The fourth-order valence-corrected chi connectivity index (χ4v) is 1.85. The van der Waals surface area contributed by atoms with Crippen molar-refractivity contribution in [3.05, 3.63) is 23.8 Å². The number of hydrogen-bond acceptors (Lipinski definition) is 5. The molecule has 0 heterocycles. The third-order valence-corrected chi connectivity index (χ3v) is 2.91. The third kappa shape index (κ3) is 4.66. The number of benzene rings is 1. The second kappa shape index (κ2) is 7.52. The van der Waals surface area contributed by atoms with E-state index in [0.717, 1.165) is 0 Å². The smallest absolute Gasteiger partial charge is 0.328 e. The fourth-order valence-electron chi connectivity index (χ4n) is 1.85. The first-order valence-corrected chi connectivity index (χ1v) is 6.81. The van der Waals surface area contributed by atoms with Crippen molar-refractivity contribution in [2.45, 2.75) is 26.8 Å². The van der Waals surface area contributed by atoms with E-state index in [1.54, 1.807) is 12.1 Å². The minimum atomic E-state index is -0.709. The summed E-state index contributed by atoms with van der Waals surface area (Å²) in [7, 11) is 1.29. The Labute approximate surface area is 124 Å². The second-order valence-corrected chi connectivity index (χ2v) is 4.94. The molecule has 0 spiro atoms. The van der Waals surface area contributed by atoms with Gasteiger partial charge in [0.1, 0.15) is 11.8 Å². The van der Waals surface area contributed by atoms with Crippen LogP contribution in [0.1, 0.15) is 31.1 Å². The summed E-state index contributed by atoms with van der Waals surface area (Å²) in [5.74, 6) is -0.449. The van der Waals surface area contributed by atoms with Gasteiger partial charge < -0.3 is 20.5 Å². The van der Waals surface area contributed by atoms with Crippen molar-refractivity contribution in [2.75, 3.05) is 19.5 Å². The number of carbonyl (C=O) groups excluding carboxylic acids is 2. The molecule has 0 fully saturated rings. The van der Waals surface area contributed by atoms with Crippen molar-refractivity contribution in [3.8, 4) is 5.75 Å². The zero-order valence-corrected chi connectivity index (χ0v) is 12.8. The van der Waals surface area contributed by atoms with Gasteiger partial charge >= 0.3 is 5.97 Å². The molecule has 1 amide bonds. The van der Waals surface area contributed by atoms with Gasteiger partial charge in [0.15, 0.2) is 0 Å².